The molecule has 2 N–H and O–H groups in total. The van der Waals surface area contributed by atoms with E-state index in [0.717, 1.165) is 24.2 Å². The van der Waals surface area contributed by atoms with Crippen molar-refractivity contribution in [3.05, 3.63) is 23.8 Å². The van der Waals surface area contributed by atoms with Gasteiger partial charge in [0.15, 0.2) is 0 Å². The number of nitrogens with two attached hydrogens (primary N) is 1. The fourth-order valence-electron chi connectivity index (χ4n) is 1.09. The van der Waals surface area contributed by atoms with Crippen molar-refractivity contribution in [3.8, 4) is 0 Å². The quantitative estimate of drug-likeness (QED) is 0.640. The van der Waals surface area contributed by atoms with Crippen molar-refractivity contribution in [1.29, 1.82) is 0 Å². The summed E-state index contributed by atoms with van der Waals surface area (Å²) in [5, 5.41) is 0. The van der Waals surface area contributed by atoms with Crippen molar-refractivity contribution in [2.75, 3.05) is 0 Å². The van der Waals surface area contributed by atoms with Crippen LogP contribution in [0, 0.1) is 6.92 Å². The van der Waals surface area contributed by atoms with Gasteiger partial charge in [-0.1, -0.05) is 0 Å². The average molecular weight is 149 g/mol. The highest BCUT2D eigenvalue weighted by atomic mass is 14.9. The van der Waals surface area contributed by atoms with Crippen LogP contribution >= 0.6 is 0 Å². The smallest absolute Gasteiger partial charge is 0.0788 e. The van der Waals surface area contributed by atoms with Gasteiger partial charge in [0.05, 0.1) is 23.1 Å². The van der Waals surface area contributed by atoms with Crippen LogP contribution in [0.2, 0.25) is 0 Å². The van der Waals surface area contributed by atoms with Crippen LogP contribution in [0.25, 0.3) is 0 Å². The molecule has 3 heteroatoms. The third kappa shape index (κ3) is 1.12. The molecule has 0 saturated heterocycles. The first kappa shape index (κ1) is 6.73. The van der Waals surface area contributed by atoms with Crippen molar-refractivity contribution in [2.45, 2.75) is 25.3 Å². The van der Waals surface area contributed by atoms with Gasteiger partial charge in [-0.15, -0.1) is 0 Å². The lowest BCUT2D eigenvalue weighted by Crippen LogP contribution is -2.20. The van der Waals surface area contributed by atoms with Crippen molar-refractivity contribution in [2.24, 2.45) is 5.73 Å². The largest absolute Gasteiger partial charge is 0.320 e. The van der Waals surface area contributed by atoms with Crippen LogP contribution in [-0.2, 0) is 5.54 Å². The molecule has 1 fully saturated rings. The molecule has 0 amide bonds. The standard InChI is InChI=1S/C8H11N3/c1-6-4-10-5-7(11-6)8(9)2-3-8/h4-5H,2-3,9H2,1H3. The Bertz CT molecular complexity index is 278. The van der Waals surface area contributed by atoms with Gasteiger partial charge in [-0.25, -0.2) is 0 Å². The number of aryl methyl sites for hydroxylation is 1. The summed E-state index contributed by atoms with van der Waals surface area (Å²) in [4.78, 5) is 8.37. The monoisotopic (exact) mass is 149 g/mol. The van der Waals surface area contributed by atoms with Crippen molar-refractivity contribution >= 4 is 0 Å². The molecule has 11 heavy (non-hydrogen) atoms. The highest BCUT2D eigenvalue weighted by Gasteiger charge is 2.41. The summed E-state index contributed by atoms with van der Waals surface area (Å²) in [6.45, 7) is 1.93. The summed E-state index contributed by atoms with van der Waals surface area (Å²) in [6.07, 6.45) is 5.60. The molecule has 1 heterocycles. The van der Waals surface area contributed by atoms with Crippen LogP contribution in [0.4, 0.5) is 0 Å². The van der Waals surface area contributed by atoms with E-state index >= 15 is 0 Å². The van der Waals surface area contributed by atoms with Crippen LogP contribution in [-0.4, -0.2) is 9.97 Å². The van der Waals surface area contributed by atoms with Crippen LogP contribution in [0.1, 0.15) is 24.2 Å². The predicted molar refractivity (Wildman–Crippen MR) is 41.9 cm³/mol. The number of rotatable bonds is 1. The summed E-state index contributed by atoms with van der Waals surface area (Å²) >= 11 is 0. The van der Waals surface area contributed by atoms with E-state index in [4.69, 9.17) is 5.73 Å². The summed E-state index contributed by atoms with van der Waals surface area (Å²) in [7, 11) is 0. The Morgan fingerprint density at radius 1 is 1.45 bits per heavy atom. The maximum absolute atomic E-state index is 5.93. The molecule has 1 aromatic heterocycles. The third-order valence-electron chi connectivity index (χ3n) is 2.05. The maximum atomic E-state index is 5.93. The molecule has 58 valence electrons. The Morgan fingerprint density at radius 3 is 2.73 bits per heavy atom. The molecule has 0 radical (unpaired) electrons. The average Bonchev–Trinajstić information content (AvgIpc) is 2.70. The van der Waals surface area contributed by atoms with E-state index < -0.39 is 0 Å². The SMILES string of the molecule is Cc1cncc(C2(N)CC2)n1. The molecule has 0 aliphatic heterocycles. The van der Waals surface area contributed by atoms with Crippen molar-refractivity contribution in [3.63, 3.8) is 0 Å². The Labute approximate surface area is 65.7 Å². The van der Waals surface area contributed by atoms with Crippen LogP contribution in [0.15, 0.2) is 12.4 Å². The minimum absolute atomic E-state index is 0.140. The molecular formula is C8H11N3. The number of nitrogens with zero attached hydrogens (tertiary/aromatic N) is 2. The topological polar surface area (TPSA) is 51.8 Å². The van der Waals surface area contributed by atoms with Gasteiger partial charge >= 0.3 is 0 Å². The maximum Gasteiger partial charge on any atom is 0.0788 e. The highest BCUT2D eigenvalue weighted by molar-refractivity contribution is 5.20. The molecule has 2 rings (SSSR count). The van der Waals surface area contributed by atoms with E-state index in [1.807, 2.05) is 6.92 Å². The lowest BCUT2D eigenvalue weighted by Gasteiger charge is -2.06. The number of aromatic nitrogens is 2. The van der Waals surface area contributed by atoms with Gasteiger partial charge in [0.1, 0.15) is 0 Å². The van der Waals surface area contributed by atoms with Gasteiger partial charge in [0, 0.05) is 6.20 Å². The molecular weight excluding hydrogens is 138 g/mol. The van der Waals surface area contributed by atoms with E-state index in [9.17, 15) is 0 Å². The van der Waals surface area contributed by atoms with Gasteiger partial charge in [-0.05, 0) is 19.8 Å². The number of hydrogen-bond acceptors (Lipinski definition) is 3. The molecule has 0 bridgehead atoms. The van der Waals surface area contributed by atoms with Crippen molar-refractivity contribution in [1.82, 2.24) is 9.97 Å². The second kappa shape index (κ2) is 2.01. The van der Waals surface area contributed by atoms with E-state index in [1.165, 1.54) is 0 Å². The van der Waals surface area contributed by atoms with Crippen molar-refractivity contribution < 1.29 is 0 Å². The zero-order valence-electron chi connectivity index (χ0n) is 6.54. The summed E-state index contributed by atoms with van der Waals surface area (Å²) in [5.41, 5.74) is 7.68. The first-order chi connectivity index (χ1) is 5.21. The van der Waals surface area contributed by atoms with Crippen LogP contribution in [0.5, 0.6) is 0 Å². The molecule has 1 aliphatic carbocycles. The highest BCUT2D eigenvalue weighted by Crippen LogP contribution is 2.41. The van der Waals surface area contributed by atoms with Gasteiger partial charge < -0.3 is 5.73 Å². The van der Waals surface area contributed by atoms with Gasteiger partial charge in [0.25, 0.3) is 0 Å². The summed E-state index contributed by atoms with van der Waals surface area (Å²) < 4.78 is 0. The summed E-state index contributed by atoms with van der Waals surface area (Å²) in [5.74, 6) is 0. The predicted octanol–water partition coefficient (Wildman–Crippen LogP) is 0.733. The molecule has 3 nitrogen and oxygen atoms in total. The first-order valence-electron chi connectivity index (χ1n) is 3.79. The lowest BCUT2D eigenvalue weighted by molar-refractivity contribution is 0.696. The molecule has 1 saturated carbocycles. The second-order valence-corrected chi connectivity index (χ2v) is 3.20. The number of hydrogen-bond donors (Lipinski definition) is 1. The van der Waals surface area contributed by atoms with Gasteiger partial charge in [-0.2, -0.15) is 0 Å². The molecule has 1 aromatic rings. The Kier molecular flexibility index (Phi) is 1.23. The zero-order chi connectivity index (χ0) is 7.90. The van der Waals surface area contributed by atoms with Crippen LogP contribution < -0.4 is 5.73 Å². The van der Waals surface area contributed by atoms with E-state index in [0.29, 0.717) is 0 Å². The Balaban J connectivity index is 2.38. The molecule has 0 spiro atoms. The third-order valence-corrected chi connectivity index (χ3v) is 2.05. The second-order valence-electron chi connectivity index (χ2n) is 3.20. The lowest BCUT2D eigenvalue weighted by atomic mass is 10.2. The first-order valence-corrected chi connectivity index (χ1v) is 3.79. The Morgan fingerprint density at radius 2 is 2.18 bits per heavy atom. The molecule has 1 aliphatic rings. The molecule has 0 atom stereocenters. The van der Waals surface area contributed by atoms with Gasteiger partial charge in [0.2, 0.25) is 0 Å². The normalized spacial score (nSPS) is 19.8. The van der Waals surface area contributed by atoms with Gasteiger partial charge in [-0.3, -0.25) is 9.97 Å². The van der Waals surface area contributed by atoms with E-state index in [2.05, 4.69) is 9.97 Å². The fourth-order valence-corrected chi connectivity index (χ4v) is 1.09. The molecule has 0 aromatic carbocycles. The minimum Gasteiger partial charge on any atom is -0.320 e. The summed E-state index contributed by atoms with van der Waals surface area (Å²) in [6, 6.07) is 0. The van der Waals surface area contributed by atoms with Crippen LogP contribution in [0.3, 0.4) is 0 Å². The fraction of sp³-hybridized carbons (Fsp3) is 0.500. The Hall–Kier alpha value is -0.960. The van der Waals surface area contributed by atoms with E-state index in [-0.39, 0.29) is 5.54 Å². The zero-order valence-corrected chi connectivity index (χ0v) is 6.54. The minimum atomic E-state index is -0.140. The van der Waals surface area contributed by atoms with E-state index in [1.54, 1.807) is 12.4 Å². The molecule has 0 unspecified atom stereocenters.